The molecule has 0 spiro atoms. The molecule has 11 heteroatoms. The number of hydrogen-bond donors (Lipinski definition) is 1. The smallest absolute Gasteiger partial charge is 0.244 e. The van der Waals surface area contributed by atoms with Crippen LogP contribution in [0.3, 0.4) is 0 Å². The van der Waals surface area contributed by atoms with E-state index in [4.69, 9.17) is 23.2 Å². The van der Waals surface area contributed by atoms with Crippen LogP contribution < -0.4 is 9.62 Å². The number of benzene rings is 3. The first kappa shape index (κ1) is 28.4. The minimum atomic E-state index is -3.98. The molecule has 0 saturated carbocycles. The number of anilines is 1. The standard InChI is InChI=1S/C26H26Cl2FN3O4S/c1-30-26(34)23(15-18-7-4-3-5-8-18)31(16-19-11-13-20(29)14-12-19)24(33)17-32(37(2,35)36)22-10-6-9-21(27)25(22)28/h3-14,23H,15-17H2,1-2H3,(H,30,34)/t23-/m0/s1. The molecule has 0 aliphatic rings. The molecular weight excluding hydrogens is 540 g/mol. The third-order valence-corrected chi connectivity index (χ3v) is 7.60. The van der Waals surface area contributed by atoms with Crippen LogP contribution in [0.4, 0.5) is 10.1 Å². The van der Waals surface area contributed by atoms with Gasteiger partial charge in [-0.2, -0.15) is 0 Å². The second kappa shape index (κ2) is 12.4. The predicted octanol–water partition coefficient (Wildman–Crippen LogP) is 4.28. The summed E-state index contributed by atoms with van der Waals surface area (Å²) < 4.78 is 39.8. The van der Waals surface area contributed by atoms with Crippen LogP contribution in [0.25, 0.3) is 0 Å². The summed E-state index contributed by atoms with van der Waals surface area (Å²) in [6.45, 7) is -0.701. The quantitative estimate of drug-likeness (QED) is 0.397. The number of sulfonamides is 1. The van der Waals surface area contributed by atoms with Crippen LogP contribution >= 0.6 is 23.2 Å². The molecule has 0 aromatic heterocycles. The predicted molar refractivity (Wildman–Crippen MR) is 144 cm³/mol. The second-order valence-electron chi connectivity index (χ2n) is 8.31. The molecule has 37 heavy (non-hydrogen) atoms. The largest absolute Gasteiger partial charge is 0.357 e. The van der Waals surface area contributed by atoms with Crippen molar-refractivity contribution in [2.75, 3.05) is 24.2 Å². The van der Waals surface area contributed by atoms with Gasteiger partial charge in [0.15, 0.2) is 0 Å². The van der Waals surface area contributed by atoms with Gasteiger partial charge in [-0.05, 0) is 35.4 Å². The van der Waals surface area contributed by atoms with Gasteiger partial charge in [0.2, 0.25) is 21.8 Å². The van der Waals surface area contributed by atoms with Gasteiger partial charge >= 0.3 is 0 Å². The highest BCUT2D eigenvalue weighted by atomic mass is 35.5. The highest BCUT2D eigenvalue weighted by molar-refractivity contribution is 7.92. The first-order chi connectivity index (χ1) is 17.5. The number of carbonyl (C=O) groups is 2. The number of carbonyl (C=O) groups excluding carboxylic acids is 2. The summed E-state index contributed by atoms with van der Waals surface area (Å²) in [5.41, 5.74) is 1.39. The van der Waals surface area contributed by atoms with Crippen molar-refractivity contribution in [1.29, 1.82) is 0 Å². The van der Waals surface area contributed by atoms with Crippen molar-refractivity contribution in [3.05, 3.63) is 99.8 Å². The van der Waals surface area contributed by atoms with Crippen LogP contribution in [-0.4, -0.2) is 51.0 Å². The maximum atomic E-state index is 13.8. The van der Waals surface area contributed by atoms with E-state index in [1.165, 1.54) is 54.4 Å². The van der Waals surface area contributed by atoms with Crippen molar-refractivity contribution >= 4 is 50.7 Å². The number of rotatable bonds is 10. The van der Waals surface area contributed by atoms with Gasteiger partial charge in [-0.3, -0.25) is 13.9 Å². The summed E-state index contributed by atoms with van der Waals surface area (Å²) in [6, 6.07) is 18.1. The molecule has 0 aliphatic heterocycles. The van der Waals surface area contributed by atoms with Gasteiger partial charge in [0.05, 0.1) is 22.0 Å². The van der Waals surface area contributed by atoms with Crippen LogP contribution in [-0.2, 0) is 32.6 Å². The maximum absolute atomic E-state index is 13.8. The van der Waals surface area contributed by atoms with E-state index in [1.807, 2.05) is 30.3 Å². The molecule has 3 rings (SSSR count). The van der Waals surface area contributed by atoms with Gasteiger partial charge in [-0.1, -0.05) is 71.7 Å². The normalized spacial score (nSPS) is 12.0. The Labute approximate surface area is 225 Å². The summed E-state index contributed by atoms with van der Waals surface area (Å²) in [5, 5.41) is 2.68. The summed E-state index contributed by atoms with van der Waals surface area (Å²) in [6.07, 6.45) is 1.12. The van der Waals surface area contributed by atoms with Gasteiger partial charge < -0.3 is 10.2 Å². The molecule has 3 aromatic rings. The zero-order chi connectivity index (χ0) is 27.2. The Morgan fingerprint density at radius 2 is 1.59 bits per heavy atom. The minimum Gasteiger partial charge on any atom is -0.357 e. The Hall–Kier alpha value is -3.14. The van der Waals surface area contributed by atoms with Crippen molar-refractivity contribution in [3.63, 3.8) is 0 Å². The first-order valence-corrected chi connectivity index (χ1v) is 13.8. The Morgan fingerprint density at radius 1 is 0.946 bits per heavy atom. The number of halogens is 3. The van der Waals surface area contributed by atoms with E-state index in [-0.39, 0.29) is 28.7 Å². The molecule has 0 unspecified atom stereocenters. The van der Waals surface area contributed by atoms with Gasteiger partial charge in [-0.15, -0.1) is 0 Å². The van der Waals surface area contributed by atoms with Crippen molar-refractivity contribution in [1.82, 2.24) is 10.2 Å². The first-order valence-electron chi connectivity index (χ1n) is 11.2. The Bertz CT molecular complexity index is 1360. The molecule has 2 amide bonds. The van der Waals surface area contributed by atoms with E-state index >= 15 is 0 Å². The number of nitrogens with one attached hydrogen (secondary N) is 1. The van der Waals surface area contributed by atoms with E-state index in [0.717, 1.165) is 16.1 Å². The van der Waals surface area contributed by atoms with Gasteiger partial charge in [-0.25, -0.2) is 12.8 Å². The number of likely N-dealkylation sites (N-methyl/N-ethyl adjacent to an activating group) is 1. The zero-order valence-electron chi connectivity index (χ0n) is 20.2. The average molecular weight is 566 g/mol. The lowest BCUT2D eigenvalue weighted by Crippen LogP contribution is -2.52. The van der Waals surface area contributed by atoms with Crippen LogP contribution in [0.1, 0.15) is 11.1 Å². The molecule has 0 saturated heterocycles. The molecule has 0 bridgehead atoms. The molecule has 1 atom stereocenters. The third kappa shape index (κ3) is 7.44. The van der Waals surface area contributed by atoms with Crippen molar-refractivity contribution < 1.29 is 22.4 Å². The van der Waals surface area contributed by atoms with Crippen molar-refractivity contribution in [2.24, 2.45) is 0 Å². The van der Waals surface area contributed by atoms with E-state index in [1.54, 1.807) is 0 Å². The topological polar surface area (TPSA) is 86.8 Å². The van der Waals surface area contributed by atoms with Crippen LogP contribution in [0.15, 0.2) is 72.8 Å². The van der Waals surface area contributed by atoms with Crippen LogP contribution in [0, 0.1) is 5.82 Å². The fourth-order valence-electron chi connectivity index (χ4n) is 3.79. The maximum Gasteiger partial charge on any atom is 0.244 e. The summed E-state index contributed by atoms with van der Waals surface area (Å²) >= 11 is 12.4. The lowest BCUT2D eigenvalue weighted by atomic mass is 10.0. The zero-order valence-corrected chi connectivity index (χ0v) is 22.5. The second-order valence-corrected chi connectivity index (χ2v) is 11.0. The fourth-order valence-corrected chi connectivity index (χ4v) is 5.09. The van der Waals surface area contributed by atoms with E-state index < -0.39 is 40.2 Å². The monoisotopic (exact) mass is 565 g/mol. The van der Waals surface area contributed by atoms with Crippen LogP contribution in [0.5, 0.6) is 0 Å². The van der Waals surface area contributed by atoms with E-state index in [2.05, 4.69) is 5.32 Å². The van der Waals surface area contributed by atoms with E-state index in [9.17, 15) is 22.4 Å². The molecular formula is C26H26Cl2FN3O4S. The molecule has 7 nitrogen and oxygen atoms in total. The number of hydrogen-bond acceptors (Lipinski definition) is 4. The van der Waals surface area contributed by atoms with Crippen LogP contribution in [0.2, 0.25) is 10.0 Å². The minimum absolute atomic E-state index is 0.0281. The summed E-state index contributed by atoms with van der Waals surface area (Å²) in [5.74, 6) is -1.55. The fraction of sp³-hybridized carbons (Fsp3) is 0.231. The Kier molecular flexibility index (Phi) is 9.53. The summed E-state index contributed by atoms with van der Waals surface area (Å²) in [7, 11) is -2.53. The Balaban J connectivity index is 2.05. The highest BCUT2D eigenvalue weighted by Crippen LogP contribution is 2.33. The average Bonchev–Trinajstić information content (AvgIpc) is 2.87. The van der Waals surface area contributed by atoms with E-state index in [0.29, 0.717) is 5.56 Å². The van der Waals surface area contributed by atoms with Gasteiger partial charge in [0.25, 0.3) is 0 Å². The van der Waals surface area contributed by atoms with Crippen molar-refractivity contribution in [3.8, 4) is 0 Å². The Morgan fingerprint density at radius 3 is 2.19 bits per heavy atom. The molecule has 0 heterocycles. The lowest BCUT2D eigenvalue weighted by Gasteiger charge is -2.33. The lowest BCUT2D eigenvalue weighted by molar-refractivity contribution is -0.139. The highest BCUT2D eigenvalue weighted by Gasteiger charge is 2.33. The molecule has 0 radical (unpaired) electrons. The molecule has 196 valence electrons. The van der Waals surface area contributed by atoms with Crippen molar-refractivity contribution in [2.45, 2.75) is 19.0 Å². The number of nitrogens with zero attached hydrogens (tertiary/aromatic N) is 2. The molecule has 0 fully saturated rings. The van der Waals surface area contributed by atoms with Gasteiger partial charge in [0, 0.05) is 20.0 Å². The number of amides is 2. The SMILES string of the molecule is CNC(=O)[C@H](Cc1ccccc1)N(Cc1ccc(F)cc1)C(=O)CN(c1cccc(Cl)c1Cl)S(C)(=O)=O. The van der Waals surface area contributed by atoms with Gasteiger partial charge in [0.1, 0.15) is 18.4 Å². The summed E-state index contributed by atoms with van der Waals surface area (Å²) in [4.78, 5) is 28.1. The third-order valence-electron chi connectivity index (χ3n) is 5.66. The molecule has 1 N–H and O–H groups in total. The molecule has 0 aliphatic carbocycles. The molecule has 3 aromatic carbocycles.